The lowest BCUT2D eigenvalue weighted by atomic mass is 9.99. The van der Waals surface area contributed by atoms with E-state index in [0.29, 0.717) is 17.9 Å². The fourth-order valence-electron chi connectivity index (χ4n) is 1.32. The molecule has 0 saturated heterocycles. The van der Waals surface area contributed by atoms with E-state index in [0.717, 1.165) is 0 Å². The number of amides is 2. The van der Waals surface area contributed by atoms with E-state index in [1.165, 1.54) is 7.05 Å². The minimum absolute atomic E-state index is 0.0720. The van der Waals surface area contributed by atoms with Crippen LogP contribution < -0.4 is 21.1 Å². The third-order valence-electron chi connectivity index (χ3n) is 2.99. The van der Waals surface area contributed by atoms with Crippen molar-refractivity contribution in [1.29, 1.82) is 0 Å². The summed E-state index contributed by atoms with van der Waals surface area (Å²) in [5.41, 5.74) is 5.53. The summed E-state index contributed by atoms with van der Waals surface area (Å²) in [6.45, 7) is 3.45. The van der Waals surface area contributed by atoms with Gasteiger partial charge in [-0.1, -0.05) is 13.0 Å². The third kappa shape index (κ3) is 4.55. The molecular weight excluding hydrogens is 258 g/mol. The molecule has 6 nitrogen and oxygen atoms in total. The van der Waals surface area contributed by atoms with Crippen LogP contribution in [0.1, 0.15) is 20.3 Å². The first-order valence-corrected chi connectivity index (χ1v) is 6.43. The molecule has 0 aliphatic heterocycles. The molecule has 0 saturated carbocycles. The molecule has 0 radical (unpaired) electrons. The maximum absolute atomic E-state index is 11.9. The molecule has 1 aromatic rings. The van der Waals surface area contributed by atoms with Crippen LogP contribution >= 0.6 is 0 Å². The number of carbonyl (C=O) groups excluding carboxylic acids is 2. The molecule has 2 amide bonds. The molecule has 0 bridgehead atoms. The smallest absolute Gasteiger partial charge is 0.257 e. The van der Waals surface area contributed by atoms with Gasteiger partial charge in [-0.05, 0) is 25.5 Å². The van der Waals surface area contributed by atoms with Gasteiger partial charge >= 0.3 is 0 Å². The van der Waals surface area contributed by atoms with Gasteiger partial charge in [0.2, 0.25) is 5.91 Å². The highest BCUT2D eigenvalue weighted by atomic mass is 16.5. The quantitative estimate of drug-likeness (QED) is 0.720. The maximum atomic E-state index is 11.9. The van der Waals surface area contributed by atoms with Gasteiger partial charge in [0.15, 0.2) is 6.61 Å². The van der Waals surface area contributed by atoms with E-state index in [1.807, 2.05) is 6.92 Å². The van der Waals surface area contributed by atoms with Crippen LogP contribution in [0.25, 0.3) is 0 Å². The molecule has 1 unspecified atom stereocenters. The topological polar surface area (TPSA) is 93.5 Å². The summed E-state index contributed by atoms with van der Waals surface area (Å²) < 4.78 is 5.30. The van der Waals surface area contributed by atoms with Crippen LogP contribution in [-0.4, -0.2) is 31.0 Å². The Morgan fingerprint density at radius 1 is 1.40 bits per heavy atom. The first-order chi connectivity index (χ1) is 9.39. The van der Waals surface area contributed by atoms with Crippen LogP contribution in [0.4, 0.5) is 5.69 Å². The molecular formula is C14H21N3O3. The van der Waals surface area contributed by atoms with E-state index >= 15 is 0 Å². The van der Waals surface area contributed by atoms with Gasteiger partial charge in [0.25, 0.3) is 5.91 Å². The van der Waals surface area contributed by atoms with Crippen LogP contribution in [0, 0.1) is 0 Å². The van der Waals surface area contributed by atoms with Gasteiger partial charge in [0, 0.05) is 18.8 Å². The molecule has 110 valence electrons. The Morgan fingerprint density at radius 3 is 2.70 bits per heavy atom. The highest BCUT2D eigenvalue weighted by Crippen LogP contribution is 2.18. The molecule has 1 aromatic carbocycles. The van der Waals surface area contributed by atoms with Crippen LogP contribution in [0.5, 0.6) is 5.75 Å². The number of hydrogen-bond donors (Lipinski definition) is 3. The normalized spacial score (nSPS) is 13.2. The first kappa shape index (κ1) is 16.0. The molecule has 1 rings (SSSR count). The van der Waals surface area contributed by atoms with E-state index in [2.05, 4.69) is 10.6 Å². The highest BCUT2D eigenvalue weighted by molar-refractivity contribution is 5.97. The van der Waals surface area contributed by atoms with E-state index in [4.69, 9.17) is 10.5 Å². The molecule has 0 spiro atoms. The lowest BCUT2D eigenvalue weighted by Gasteiger charge is -2.21. The summed E-state index contributed by atoms with van der Waals surface area (Å²) in [6, 6.07) is 6.82. The standard InChI is InChI=1S/C14H21N3O3/c1-4-14(2,15)13(19)17-10-6-5-7-11(8-10)20-9-12(18)16-3/h5-8H,4,9,15H2,1-3H3,(H,16,18)(H,17,19). The second kappa shape index (κ2) is 6.91. The fraction of sp³-hybridized carbons (Fsp3) is 0.429. The van der Waals surface area contributed by atoms with Crippen molar-refractivity contribution in [2.75, 3.05) is 19.0 Å². The lowest BCUT2D eigenvalue weighted by Crippen LogP contribution is -2.47. The van der Waals surface area contributed by atoms with Crippen LogP contribution in [-0.2, 0) is 9.59 Å². The summed E-state index contributed by atoms with van der Waals surface area (Å²) >= 11 is 0. The van der Waals surface area contributed by atoms with Crippen molar-refractivity contribution in [1.82, 2.24) is 5.32 Å². The van der Waals surface area contributed by atoms with Gasteiger partial charge in [0.1, 0.15) is 5.75 Å². The van der Waals surface area contributed by atoms with Crippen molar-refractivity contribution >= 4 is 17.5 Å². The Labute approximate surface area is 118 Å². The Morgan fingerprint density at radius 2 is 2.10 bits per heavy atom. The van der Waals surface area contributed by atoms with Crippen molar-refractivity contribution in [3.63, 3.8) is 0 Å². The van der Waals surface area contributed by atoms with Gasteiger partial charge < -0.3 is 21.1 Å². The lowest BCUT2D eigenvalue weighted by molar-refractivity contribution is -0.122. The Hall–Kier alpha value is -2.08. The first-order valence-electron chi connectivity index (χ1n) is 6.43. The molecule has 0 fully saturated rings. The largest absolute Gasteiger partial charge is 0.484 e. The Kier molecular flexibility index (Phi) is 5.52. The number of hydrogen-bond acceptors (Lipinski definition) is 4. The zero-order chi connectivity index (χ0) is 15.2. The molecule has 0 aliphatic carbocycles. The van der Waals surface area contributed by atoms with Gasteiger partial charge in [-0.2, -0.15) is 0 Å². The van der Waals surface area contributed by atoms with Crippen LogP contribution in [0.2, 0.25) is 0 Å². The zero-order valence-electron chi connectivity index (χ0n) is 12.0. The molecule has 0 aromatic heterocycles. The second-order valence-corrected chi connectivity index (χ2v) is 4.71. The van der Waals surface area contributed by atoms with E-state index in [1.54, 1.807) is 31.2 Å². The number of likely N-dealkylation sites (N-methyl/N-ethyl adjacent to an activating group) is 1. The van der Waals surface area contributed by atoms with E-state index in [-0.39, 0.29) is 18.4 Å². The van der Waals surface area contributed by atoms with Gasteiger partial charge in [-0.3, -0.25) is 9.59 Å². The molecule has 6 heteroatoms. The van der Waals surface area contributed by atoms with Gasteiger partial charge in [-0.25, -0.2) is 0 Å². The molecule has 0 heterocycles. The van der Waals surface area contributed by atoms with Crippen molar-refractivity contribution in [3.8, 4) is 5.75 Å². The second-order valence-electron chi connectivity index (χ2n) is 4.71. The van der Waals surface area contributed by atoms with Crippen molar-refractivity contribution in [3.05, 3.63) is 24.3 Å². The summed E-state index contributed by atoms with van der Waals surface area (Å²) in [7, 11) is 1.54. The number of nitrogens with one attached hydrogen (secondary N) is 2. The number of ether oxygens (including phenoxy) is 1. The number of benzene rings is 1. The van der Waals surface area contributed by atoms with Crippen LogP contribution in [0.15, 0.2) is 24.3 Å². The number of nitrogens with two attached hydrogens (primary N) is 1. The van der Waals surface area contributed by atoms with E-state index in [9.17, 15) is 9.59 Å². The Bertz CT molecular complexity index is 486. The Balaban J connectivity index is 2.69. The summed E-state index contributed by atoms with van der Waals surface area (Å²) in [4.78, 5) is 23.0. The van der Waals surface area contributed by atoms with Crippen molar-refractivity contribution in [2.45, 2.75) is 25.8 Å². The summed E-state index contributed by atoms with van der Waals surface area (Å²) in [6.07, 6.45) is 0.533. The summed E-state index contributed by atoms with van der Waals surface area (Å²) in [5.74, 6) is 0.0185. The number of rotatable bonds is 6. The molecule has 4 N–H and O–H groups in total. The van der Waals surface area contributed by atoms with E-state index < -0.39 is 5.54 Å². The average molecular weight is 279 g/mol. The molecule has 1 atom stereocenters. The van der Waals surface area contributed by atoms with Crippen molar-refractivity contribution < 1.29 is 14.3 Å². The zero-order valence-corrected chi connectivity index (χ0v) is 12.0. The molecule has 20 heavy (non-hydrogen) atoms. The van der Waals surface area contributed by atoms with Crippen molar-refractivity contribution in [2.24, 2.45) is 5.73 Å². The maximum Gasteiger partial charge on any atom is 0.257 e. The monoisotopic (exact) mass is 279 g/mol. The fourth-order valence-corrected chi connectivity index (χ4v) is 1.32. The minimum atomic E-state index is -0.918. The summed E-state index contributed by atoms with van der Waals surface area (Å²) in [5, 5.41) is 5.19. The predicted octanol–water partition coefficient (Wildman–Crippen LogP) is 0.877. The predicted molar refractivity (Wildman–Crippen MR) is 77.5 cm³/mol. The third-order valence-corrected chi connectivity index (χ3v) is 2.99. The minimum Gasteiger partial charge on any atom is -0.484 e. The number of carbonyl (C=O) groups is 2. The van der Waals surface area contributed by atoms with Crippen LogP contribution in [0.3, 0.4) is 0 Å². The SMILES string of the molecule is CCC(C)(N)C(=O)Nc1cccc(OCC(=O)NC)c1. The van der Waals surface area contributed by atoms with Gasteiger partial charge in [0.05, 0.1) is 5.54 Å². The van der Waals surface area contributed by atoms with Gasteiger partial charge in [-0.15, -0.1) is 0 Å². The highest BCUT2D eigenvalue weighted by Gasteiger charge is 2.25. The number of anilines is 1. The molecule has 0 aliphatic rings. The average Bonchev–Trinajstić information content (AvgIpc) is 2.45.